The van der Waals surface area contributed by atoms with E-state index in [4.69, 9.17) is 10.5 Å². The lowest BCUT2D eigenvalue weighted by Crippen LogP contribution is -2.37. The highest BCUT2D eigenvalue weighted by atomic mass is 16.5. The summed E-state index contributed by atoms with van der Waals surface area (Å²) in [6.45, 7) is 2.12. The Morgan fingerprint density at radius 2 is 1.74 bits per heavy atom. The van der Waals surface area contributed by atoms with Gasteiger partial charge in [-0.15, -0.1) is 0 Å². The maximum atomic E-state index is 12.2. The van der Waals surface area contributed by atoms with E-state index >= 15 is 0 Å². The van der Waals surface area contributed by atoms with Gasteiger partial charge in [0.15, 0.2) is 0 Å². The molecule has 3 amide bonds. The molecule has 2 aromatic rings. The van der Waals surface area contributed by atoms with Crippen molar-refractivity contribution in [3.8, 4) is 11.1 Å². The number of amides is 3. The van der Waals surface area contributed by atoms with E-state index in [0.29, 0.717) is 6.42 Å². The van der Waals surface area contributed by atoms with Crippen LogP contribution in [0.4, 0.5) is 9.59 Å². The molecule has 1 atom stereocenters. The number of carbonyl (C=O) groups excluding carboxylic acids is 2. The summed E-state index contributed by atoms with van der Waals surface area (Å²) in [5.41, 5.74) is 11.7. The molecular formula is C20H22N4O3. The molecule has 0 fully saturated rings. The Labute approximate surface area is 157 Å². The number of hydrogen-bond acceptors (Lipinski definition) is 4. The number of hydrogen-bond donors (Lipinski definition) is 3. The average Bonchev–Trinajstić information content (AvgIpc) is 2.99. The first-order valence-electron chi connectivity index (χ1n) is 8.80. The largest absolute Gasteiger partial charge is 0.449 e. The van der Waals surface area contributed by atoms with E-state index in [1.54, 1.807) is 0 Å². The second-order valence-electron chi connectivity index (χ2n) is 6.24. The van der Waals surface area contributed by atoms with E-state index in [-0.39, 0.29) is 18.6 Å². The molecule has 0 saturated carbocycles. The third-order valence-electron chi connectivity index (χ3n) is 4.52. The van der Waals surface area contributed by atoms with Crippen LogP contribution in [0.25, 0.3) is 11.1 Å². The zero-order valence-electron chi connectivity index (χ0n) is 15.0. The van der Waals surface area contributed by atoms with Crippen molar-refractivity contribution in [3.63, 3.8) is 0 Å². The van der Waals surface area contributed by atoms with Crippen LogP contribution in [0, 0.1) is 0 Å². The summed E-state index contributed by atoms with van der Waals surface area (Å²) in [6.07, 6.45) is 1.47. The fourth-order valence-electron chi connectivity index (χ4n) is 3.23. The third kappa shape index (κ3) is 4.25. The molecule has 7 nitrogen and oxygen atoms in total. The summed E-state index contributed by atoms with van der Waals surface area (Å²) in [7, 11) is 0. The zero-order valence-corrected chi connectivity index (χ0v) is 15.0. The van der Waals surface area contributed by atoms with Gasteiger partial charge < -0.3 is 15.8 Å². The number of hydrazone groups is 1. The molecule has 4 N–H and O–H groups in total. The van der Waals surface area contributed by atoms with Gasteiger partial charge in [-0.1, -0.05) is 55.5 Å². The number of urea groups is 1. The highest BCUT2D eigenvalue weighted by Crippen LogP contribution is 2.44. The maximum absolute atomic E-state index is 12.2. The minimum absolute atomic E-state index is 0.00780. The van der Waals surface area contributed by atoms with Gasteiger partial charge in [-0.25, -0.2) is 15.0 Å². The molecule has 0 saturated heterocycles. The molecule has 0 aliphatic heterocycles. The topological polar surface area (TPSA) is 106 Å². The van der Waals surface area contributed by atoms with Crippen LogP contribution in [0.5, 0.6) is 0 Å². The predicted octanol–water partition coefficient (Wildman–Crippen LogP) is 2.96. The van der Waals surface area contributed by atoms with Crippen LogP contribution >= 0.6 is 0 Å². The number of alkyl carbamates (subject to hydrolysis) is 1. The Kier molecular flexibility index (Phi) is 5.71. The van der Waals surface area contributed by atoms with Crippen molar-refractivity contribution in [2.75, 3.05) is 6.61 Å². The molecule has 1 aliphatic rings. The quantitative estimate of drug-likeness (QED) is 0.540. The lowest BCUT2D eigenvalue weighted by molar-refractivity contribution is 0.141. The van der Waals surface area contributed by atoms with Crippen molar-refractivity contribution in [3.05, 3.63) is 59.7 Å². The summed E-state index contributed by atoms with van der Waals surface area (Å²) >= 11 is 0. The predicted molar refractivity (Wildman–Crippen MR) is 103 cm³/mol. The number of primary amides is 1. The molecule has 27 heavy (non-hydrogen) atoms. The second kappa shape index (κ2) is 8.35. The SMILES string of the molecule is CCC(/C=N/NC(N)=O)NC(=O)OCC1c2ccccc2-c2ccccc21. The van der Waals surface area contributed by atoms with Gasteiger partial charge in [-0.05, 0) is 28.7 Å². The normalized spacial score (nSPS) is 13.7. The minimum Gasteiger partial charge on any atom is -0.449 e. The van der Waals surface area contributed by atoms with Crippen LogP contribution < -0.4 is 16.5 Å². The van der Waals surface area contributed by atoms with E-state index in [0.717, 1.165) is 11.1 Å². The Morgan fingerprint density at radius 1 is 1.15 bits per heavy atom. The summed E-state index contributed by atoms with van der Waals surface area (Å²) in [4.78, 5) is 22.8. The van der Waals surface area contributed by atoms with E-state index in [1.165, 1.54) is 17.3 Å². The minimum atomic E-state index is -0.762. The molecule has 3 rings (SSSR count). The van der Waals surface area contributed by atoms with Gasteiger partial charge in [-0.2, -0.15) is 5.10 Å². The Hall–Kier alpha value is -3.35. The number of nitrogens with one attached hydrogen (secondary N) is 2. The van der Waals surface area contributed by atoms with Crippen LogP contribution in [-0.2, 0) is 4.74 Å². The van der Waals surface area contributed by atoms with E-state index < -0.39 is 12.1 Å². The van der Waals surface area contributed by atoms with Gasteiger partial charge in [0.1, 0.15) is 6.61 Å². The number of carbonyl (C=O) groups is 2. The van der Waals surface area contributed by atoms with Crippen LogP contribution in [0.15, 0.2) is 53.6 Å². The Bertz CT molecular complexity index is 820. The van der Waals surface area contributed by atoms with Gasteiger partial charge in [0.25, 0.3) is 0 Å². The average molecular weight is 366 g/mol. The van der Waals surface area contributed by atoms with Crippen molar-refractivity contribution < 1.29 is 14.3 Å². The van der Waals surface area contributed by atoms with Crippen LogP contribution in [0.1, 0.15) is 30.4 Å². The first kappa shape index (κ1) is 18.4. The van der Waals surface area contributed by atoms with Crippen LogP contribution in [0.3, 0.4) is 0 Å². The van der Waals surface area contributed by atoms with Gasteiger partial charge in [0.05, 0.1) is 6.04 Å². The zero-order chi connectivity index (χ0) is 19.2. The molecule has 2 aromatic carbocycles. The van der Waals surface area contributed by atoms with Crippen molar-refractivity contribution >= 4 is 18.3 Å². The lowest BCUT2D eigenvalue weighted by Gasteiger charge is -2.16. The molecule has 1 aliphatic carbocycles. The molecule has 0 heterocycles. The van der Waals surface area contributed by atoms with Gasteiger partial charge >= 0.3 is 12.1 Å². The van der Waals surface area contributed by atoms with Crippen molar-refractivity contribution in [2.45, 2.75) is 25.3 Å². The van der Waals surface area contributed by atoms with Crippen molar-refractivity contribution in [1.82, 2.24) is 10.7 Å². The molecule has 0 spiro atoms. The van der Waals surface area contributed by atoms with Crippen LogP contribution in [0.2, 0.25) is 0 Å². The van der Waals surface area contributed by atoms with Crippen molar-refractivity contribution in [2.24, 2.45) is 10.8 Å². The van der Waals surface area contributed by atoms with E-state index in [9.17, 15) is 9.59 Å². The van der Waals surface area contributed by atoms with E-state index in [1.807, 2.05) is 31.2 Å². The lowest BCUT2D eigenvalue weighted by atomic mass is 9.98. The Morgan fingerprint density at radius 3 is 2.30 bits per heavy atom. The standard InChI is InChI=1S/C20H22N4O3/c1-2-13(11-22-24-19(21)25)23-20(26)27-12-18-16-9-5-3-7-14(16)15-8-4-6-10-17(15)18/h3-11,13,18H,2,12H2,1H3,(H,23,26)(H3,21,24,25)/b22-11+. The monoisotopic (exact) mass is 366 g/mol. The maximum Gasteiger partial charge on any atom is 0.407 e. The summed E-state index contributed by atoms with van der Waals surface area (Å²) in [6, 6.07) is 15.2. The number of ether oxygens (including phenoxy) is 1. The Balaban J connectivity index is 1.64. The summed E-state index contributed by atoms with van der Waals surface area (Å²) in [5.74, 6) is 0.00780. The third-order valence-corrected chi connectivity index (χ3v) is 4.52. The van der Waals surface area contributed by atoms with Gasteiger partial charge in [0.2, 0.25) is 0 Å². The first-order valence-corrected chi connectivity index (χ1v) is 8.80. The molecule has 140 valence electrons. The molecule has 1 unspecified atom stereocenters. The molecule has 0 aromatic heterocycles. The van der Waals surface area contributed by atoms with Crippen LogP contribution in [-0.4, -0.2) is 31.0 Å². The smallest absolute Gasteiger partial charge is 0.407 e. The number of nitrogens with zero attached hydrogens (tertiary/aromatic N) is 1. The fraction of sp³-hybridized carbons (Fsp3) is 0.250. The fourth-order valence-corrected chi connectivity index (χ4v) is 3.23. The highest BCUT2D eigenvalue weighted by molar-refractivity contribution is 5.80. The molecular weight excluding hydrogens is 344 g/mol. The number of nitrogens with two attached hydrogens (primary N) is 1. The molecule has 0 radical (unpaired) electrons. The van der Waals surface area contributed by atoms with E-state index in [2.05, 4.69) is 40.1 Å². The summed E-state index contributed by atoms with van der Waals surface area (Å²) < 4.78 is 5.48. The number of rotatable bonds is 6. The van der Waals surface area contributed by atoms with Gasteiger partial charge in [0, 0.05) is 12.1 Å². The number of benzene rings is 2. The second-order valence-corrected chi connectivity index (χ2v) is 6.24. The van der Waals surface area contributed by atoms with Crippen molar-refractivity contribution in [1.29, 1.82) is 0 Å². The van der Waals surface area contributed by atoms with Gasteiger partial charge in [-0.3, -0.25) is 0 Å². The molecule has 0 bridgehead atoms. The molecule has 7 heteroatoms. The first-order chi connectivity index (χ1) is 13.1. The number of fused-ring (bicyclic) bond motifs is 3. The summed E-state index contributed by atoms with van der Waals surface area (Å²) in [5, 5.41) is 6.38. The highest BCUT2D eigenvalue weighted by Gasteiger charge is 2.29.